The van der Waals surface area contributed by atoms with Crippen LogP contribution in [0.1, 0.15) is 27.6 Å². The third-order valence-electron chi connectivity index (χ3n) is 3.76. The van der Waals surface area contributed by atoms with Gasteiger partial charge in [0.1, 0.15) is 0 Å². The highest BCUT2D eigenvalue weighted by molar-refractivity contribution is 7.10. The van der Waals surface area contributed by atoms with Crippen LogP contribution in [0, 0.1) is 6.92 Å². The highest BCUT2D eigenvalue weighted by atomic mass is 32.1. The van der Waals surface area contributed by atoms with Gasteiger partial charge in [-0.05, 0) is 29.5 Å². The Kier molecular flexibility index (Phi) is 4.89. The zero-order chi connectivity index (χ0) is 16.1. The summed E-state index contributed by atoms with van der Waals surface area (Å²) in [7, 11) is 0. The predicted octanol–water partition coefficient (Wildman–Crippen LogP) is 4.50. The number of rotatable bonds is 5. The van der Waals surface area contributed by atoms with E-state index in [1.165, 1.54) is 5.56 Å². The smallest absolute Gasteiger partial charge is 0.226 e. The van der Waals surface area contributed by atoms with Gasteiger partial charge in [0.2, 0.25) is 5.91 Å². The molecule has 116 valence electrons. The summed E-state index contributed by atoms with van der Waals surface area (Å²) in [5.74, 6) is 0.0434. The van der Waals surface area contributed by atoms with E-state index in [2.05, 4.69) is 48.6 Å². The zero-order valence-electron chi connectivity index (χ0n) is 13.0. The summed E-state index contributed by atoms with van der Waals surface area (Å²) >= 11 is 1.61. The minimum atomic E-state index is -0.121. The molecule has 1 aromatic heterocycles. The highest BCUT2D eigenvalue weighted by Crippen LogP contribution is 2.23. The first kappa shape index (κ1) is 15.5. The molecule has 3 aromatic rings. The van der Waals surface area contributed by atoms with Crippen molar-refractivity contribution < 1.29 is 4.79 Å². The van der Waals surface area contributed by atoms with Crippen molar-refractivity contribution in [1.29, 1.82) is 0 Å². The first-order valence-corrected chi connectivity index (χ1v) is 8.53. The molecule has 0 aliphatic carbocycles. The van der Waals surface area contributed by atoms with Crippen molar-refractivity contribution in [1.82, 2.24) is 5.32 Å². The molecule has 1 amide bonds. The fraction of sp³-hybridized carbons (Fsp3) is 0.150. The first-order chi connectivity index (χ1) is 11.2. The third kappa shape index (κ3) is 4.08. The van der Waals surface area contributed by atoms with Crippen LogP contribution in [0.15, 0.2) is 72.1 Å². The second-order valence-corrected chi connectivity index (χ2v) is 6.61. The Hall–Kier alpha value is -2.39. The van der Waals surface area contributed by atoms with Crippen molar-refractivity contribution in [2.45, 2.75) is 19.4 Å². The van der Waals surface area contributed by atoms with E-state index in [0.29, 0.717) is 6.42 Å². The van der Waals surface area contributed by atoms with E-state index in [9.17, 15) is 4.79 Å². The van der Waals surface area contributed by atoms with Crippen LogP contribution in [-0.4, -0.2) is 5.91 Å². The lowest BCUT2D eigenvalue weighted by atomic mass is 9.97. The molecule has 3 heteroatoms. The molecule has 3 rings (SSSR count). The van der Waals surface area contributed by atoms with E-state index in [1.54, 1.807) is 11.3 Å². The monoisotopic (exact) mass is 321 g/mol. The number of hydrogen-bond acceptors (Lipinski definition) is 2. The molecule has 1 N–H and O–H groups in total. The van der Waals surface area contributed by atoms with Gasteiger partial charge in [0.05, 0.1) is 12.5 Å². The Balaban J connectivity index is 1.83. The molecule has 0 aliphatic heterocycles. The number of amides is 1. The Morgan fingerprint density at radius 3 is 2.30 bits per heavy atom. The molecule has 1 atom stereocenters. The fourth-order valence-electron chi connectivity index (χ4n) is 2.55. The summed E-state index contributed by atoms with van der Waals surface area (Å²) < 4.78 is 0. The minimum Gasteiger partial charge on any atom is -0.345 e. The van der Waals surface area contributed by atoms with Crippen molar-refractivity contribution in [3.63, 3.8) is 0 Å². The Labute approximate surface area is 140 Å². The third-order valence-corrected chi connectivity index (χ3v) is 4.64. The largest absolute Gasteiger partial charge is 0.345 e. The molecule has 0 bridgehead atoms. The van der Waals surface area contributed by atoms with Gasteiger partial charge in [0.15, 0.2) is 0 Å². The van der Waals surface area contributed by atoms with Crippen molar-refractivity contribution in [2.24, 2.45) is 0 Å². The van der Waals surface area contributed by atoms with E-state index in [4.69, 9.17) is 0 Å². The number of hydrogen-bond donors (Lipinski definition) is 1. The maximum Gasteiger partial charge on any atom is 0.226 e. The van der Waals surface area contributed by atoms with E-state index in [-0.39, 0.29) is 11.9 Å². The van der Waals surface area contributed by atoms with Gasteiger partial charge in [-0.1, -0.05) is 66.2 Å². The zero-order valence-corrected chi connectivity index (χ0v) is 13.8. The molecule has 0 radical (unpaired) electrons. The van der Waals surface area contributed by atoms with Crippen molar-refractivity contribution in [2.75, 3.05) is 0 Å². The van der Waals surface area contributed by atoms with Crippen molar-refractivity contribution in [3.8, 4) is 0 Å². The van der Waals surface area contributed by atoms with E-state index in [1.807, 2.05) is 35.7 Å². The van der Waals surface area contributed by atoms with Crippen molar-refractivity contribution >= 4 is 17.2 Å². The standard InChI is InChI=1S/C20H19NOS/c1-15-9-11-17(12-10-15)20(16-6-3-2-4-7-16)21-19(22)14-18-8-5-13-23-18/h2-13,20H,14H2,1H3,(H,21,22)/t20-/m0/s1. The SMILES string of the molecule is Cc1ccc([C@@H](NC(=O)Cc2cccs2)c2ccccc2)cc1. The van der Waals surface area contributed by atoms with Crippen LogP contribution < -0.4 is 5.32 Å². The van der Waals surface area contributed by atoms with Gasteiger partial charge in [-0.3, -0.25) is 4.79 Å². The summed E-state index contributed by atoms with van der Waals surface area (Å²) in [4.78, 5) is 13.5. The van der Waals surface area contributed by atoms with E-state index >= 15 is 0 Å². The number of carbonyl (C=O) groups is 1. The summed E-state index contributed by atoms with van der Waals surface area (Å²) in [5, 5.41) is 5.17. The summed E-state index contributed by atoms with van der Waals surface area (Å²) in [6.45, 7) is 2.07. The molecule has 0 aliphatic rings. The van der Waals surface area contributed by atoms with Gasteiger partial charge in [0, 0.05) is 4.88 Å². The second-order valence-electron chi connectivity index (χ2n) is 5.58. The van der Waals surface area contributed by atoms with Crippen LogP contribution in [0.5, 0.6) is 0 Å². The number of nitrogens with one attached hydrogen (secondary N) is 1. The van der Waals surface area contributed by atoms with Crippen LogP contribution in [-0.2, 0) is 11.2 Å². The number of benzene rings is 2. The summed E-state index contributed by atoms with van der Waals surface area (Å²) in [5.41, 5.74) is 3.41. The van der Waals surface area contributed by atoms with Crippen molar-refractivity contribution in [3.05, 3.63) is 93.7 Å². The summed E-state index contributed by atoms with van der Waals surface area (Å²) in [6.07, 6.45) is 0.423. The fourth-order valence-corrected chi connectivity index (χ4v) is 3.25. The van der Waals surface area contributed by atoms with Crippen LogP contribution in [0.3, 0.4) is 0 Å². The van der Waals surface area contributed by atoms with E-state index in [0.717, 1.165) is 16.0 Å². The Morgan fingerprint density at radius 2 is 1.65 bits per heavy atom. The summed E-state index contributed by atoms with van der Waals surface area (Å²) in [6, 6.07) is 22.3. The lowest BCUT2D eigenvalue weighted by molar-refractivity contribution is -0.120. The maximum absolute atomic E-state index is 12.4. The number of aryl methyl sites for hydroxylation is 1. The predicted molar refractivity (Wildman–Crippen MR) is 95.6 cm³/mol. The molecule has 0 saturated carbocycles. The molecule has 0 spiro atoms. The molecule has 0 fully saturated rings. The van der Waals surface area contributed by atoms with Gasteiger partial charge < -0.3 is 5.32 Å². The maximum atomic E-state index is 12.4. The highest BCUT2D eigenvalue weighted by Gasteiger charge is 2.17. The molecule has 1 heterocycles. The van der Waals surface area contributed by atoms with E-state index < -0.39 is 0 Å². The van der Waals surface area contributed by atoms with Crippen LogP contribution >= 0.6 is 11.3 Å². The lowest BCUT2D eigenvalue weighted by Crippen LogP contribution is -2.30. The molecule has 2 aromatic carbocycles. The van der Waals surface area contributed by atoms with Gasteiger partial charge in [-0.15, -0.1) is 11.3 Å². The Bertz CT molecular complexity index is 748. The first-order valence-electron chi connectivity index (χ1n) is 7.65. The molecular weight excluding hydrogens is 302 g/mol. The molecule has 0 unspecified atom stereocenters. The van der Waals surface area contributed by atoms with Crippen LogP contribution in [0.4, 0.5) is 0 Å². The number of thiophene rings is 1. The molecular formula is C20H19NOS. The Morgan fingerprint density at radius 1 is 0.957 bits per heavy atom. The minimum absolute atomic E-state index is 0.0434. The van der Waals surface area contributed by atoms with Gasteiger partial charge in [-0.2, -0.15) is 0 Å². The van der Waals surface area contributed by atoms with Gasteiger partial charge in [-0.25, -0.2) is 0 Å². The lowest BCUT2D eigenvalue weighted by Gasteiger charge is -2.20. The van der Waals surface area contributed by atoms with Gasteiger partial charge >= 0.3 is 0 Å². The number of carbonyl (C=O) groups excluding carboxylic acids is 1. The van der Waals surface area contributed by atoms with Crippen LogP contribution in [0.25, 0.3) is 0 Å². The average Bonchev–Trinajstić information content (AvgIpc) is 3.07. The molecule has 0 saturated heterocycles. The quantitative estimate of drug-likeness (QED) is 0.736. The van der Waals surface area contributed by atoms with Crippen LogP contribution in [0.2, 0.25) is 0 Å². The normalized spacial score (nSPS) is 11.9. The molecule has 2 nitrogen and oxygen atoms in total. The topological polar surface area (TPSA) is 29.1 Å². The van der Waals surface area contributed by atoms with Gasteiger partial charge in [0.25, 0.3) is 0 Å². The average molecular weight is 321 g/mol. The second kappa shape index (κ2) is 7.25. The molecule has 23 heavy (non-hydrogen) atoms.